The Morgan fingerprint density at radius 1 is 1.48 bits per heavy atom. The number of hydrogen-bond acceptors (Lipinski definition) is 4. The van der Waals surface area contributed by atoms with E-state index in [4.69, 9.17) is 10.5 Å². The summed E-state index contributed by atoms with van der Waals surface area (Å²) in [7, 11) is 0. The van der Waals surface area contributed by atoms with Gasteiger partial charge in [0.2, 0.25) is 5.91 Å². The maximum absolute atomic E-state index is 14.2. The number of halogens is 1. The summed E-state index contributed by atoms with van der Waals surface area (Å²) in [6.07, 6.45) is 0. The molecule has 1 saturated heterocycles. The molecule has 1 aromatic rings. The first-order valence-electron chi connectivity index (χ1n) is 6.62. The van der Waals surface area contributed by atoms with Crippen molar-refractivity contribution in [3.8, 4) is 0 Å². The highest BCUT2D eigenvalue weighted by atomic mass is 19.1. The molecule has 114 valence electrons. The fourth-order valence-corrected chi connectivity index (χ4v) is 2.56. The maximum Gasteiger partial charge on any atom is 0.311 e. The third-order valence-corrected chi connectivity index (χ3v) is 3.65. The van der Waals surface area contributed by atoms with Crippen LogP contribution in [0.5, 0.6) is 0 Å². The highest BCUT2D eigenvalue weighted by molar-refractivity contribution is 5.93. The molecule has 21 heavy (non-hydrogen) atoms. The smallest absolute Gasteiger partial charge is 0.311 e. The summed E-state index contributed by atoms with van der Waals surface area (Å²) < 4.78 is 19.4. The zero-order chi connectivity index (χ0) is 15.6. The Kier molecular flexibility index (Phi) is 4.42. The van der Waals surface area contributed by atoms with E-state index in [2.05, 4.69) is 0 Å². The second-order valence-corrected chi connectivity index (χ2v) is 4.87. The highest BCUT2D eigenvalue weighted by Crippen LogP contribution is 2.28. The Bertz CT molecular complexity index is 564. The van der Waals surface area contributed by atoms with Crippen LogP contribution in [-0.4, -0.2) is 42.8 Å². The van der Waals surface area contributed by atoms with Crippen molar-refractivity contribution in [3.63, 3.8) is 0 Å². The summed E-state index contributed by atoms with van der Waals surface area (Å²) in [5, 5.41) is 9.20. The third kappa shape index (κ3) is 2.97. The molecule has 7 heteroatoms. The lowest BCUT2D eigenvalue weighted by molar-refractivity contribution is -0.141. The summed E-state index contributed by atoms with van der Waals surface area (Å²) in [4.78, 5) is 23.9. The van der Waals surface area contributed by atoms with Crippen molar-refractivity contribution in [2.45, 2.75) is 13.0 Å². The number of likely N-dealkylation sites (N-methyl/N-ethyl adjacent to an activating group) is 1. The van der Waals surface area contributed by atoms with E-state index in [0.717, 1.165) is 6.07 Å². The Morgan fingerprint density at radius 3 is 2.71 bits per heavy atom. The Morgan fingerprint density at radius 2 is 2.19 bits per heavy atom. The Balaban J connectivity index is 2.33. The summed E-state index contributed by atoms with van der Waals surface area (Å²) in [6, 6.07) is 3.48. The fraction of sp³-hybridized carbons (Fsp3) is 0.429. The summed E-state index contributed by atoms with van der Waals surface area (Å²) in [6.45, 7) is 2.56. The monoisotopic (exact) mass is 296 g/mol. The van der Waals surface area contributed by atoms with Crippen LogP contribution in [-0.2, 0) is 9.53 Å². The molecule has 1 fully saturated rings. The minimum absolute atomic E-state index is 0.0739. The number of carboxylic acids is 1. The number of anilines is 1. The second kappa shape index (κ2) is 6.09. The van der Waals surface area contributed by atoms with Crippen LogP contribution in [0.1, 0.15) is 17.3 Å². The fourth-order valence-electron chi connectivity index (χ4n) is 2.56. The largest absolute Gasteiger partial charge is 0.481 e. The predicted molar refractivity (Wildman–Crippen MR) is 73.7 cm³/mol. The van der Waals surface area contributed by atoms with E-state index in [1.54, 1.807) is 11.8 Å². The summed E-state index contributed by atoms with van der Waals surface area (Å²) in [5.41, 5.74) is 5.42. The molecule has 2 unspecified atom stereocenters. The second-order valence-electron chi connectivity index (χ2n) is 4.87. The quantitative estimate of drug-likeness (QED) is 0.840. The van der Waals surface area contributed by atoms with Crippen LogP contribution in [0.4, 0.5) is 10.1 Å². The van der Waals surface area contributed by atoms with Gasteiger partial charge in [-0.15, -0.1) is 0 Å². The first-order chi connectivity index (χ1) is 9.95. The van der Waals surface area contributed by atoms with Gasteiger partial charge in [0.15, 0.2) is 0 Å². The number of carboxylic acid groups (broad SMARTS) is 1. The molecule has 0 aromatic heterocycles. The molecule has 0 spiro atoms. The van der Waals surface area contributed by atoms with Crippen molar-refractivity contribution in [1.29, 1.82) is 0 Å². The van der Waals surface area contributed by atoms with E-state index in [9.17, 15) is 19.1 Å². The van der Waals surface area contributed by atoms with Gasteiger partial charge in [-0.05, 0) is 25.1 Å². The van der Waals surface area contributed by atoms with Gasteiger partial charge in [-0.25, -0.2) is 4.39 Å². The summed E-state index contributed by atoms with van der Waals surface area (Å²) in [5.74, 6) is -2.99. The molecule has 0 bridgehead atoms. The maximum atomic E-state index is 14.2. The van der Waals surface area contributed by atoms with Crippen molar-refractivity contribution in [3.05, 3.63) is 29.6 Å². The van der Waals surface area contributed by atoms with Gasteiger partial charge in [0.1, 0.15) is 11.7 Å². The molecule has 1 aliphatic heterocycles. The van der Waals surface area contributed by atoms with Gasteiger partial charge in [-0.3, -0.25) is 9.59 Å². The number of benzene rings is 1. The molecule has 6 nitrogen and oxygen atoms in total. The zero-order valence-corrected chi connectivity index (χ0v) is 11.6. The van der Waals surface area contributed by atoms with Crippen LogP contribution in [0, 0.1) is 11.7 Å². The zero-order valence-electron chi connectivity index (χ0n) is 11.6. The predicted octanol–water partition coefficient (Wildman–Crippen LogP) is 0.851. The van der Waals surface area contributed by atoms with E-state index in [1.165, 1.54) is 12.1 Å². The van der Waals surface area contributed by atoms with Crippen LogP contribution in [0.25, 0.3) is 0 Å². The molecule has 0 radical (unpaired) electrons. The average molecular weight is 296 g/mol. The first kappa shape index (κ1) is 15.2. The number of amides is 1. The number of hydrogen-bond donors (Lipinski definition) is 2. The molecule has 0 saturated carbocycles. The molecule has 1 amide bonds. The van der Waals surface area contributed by atoms with Crippen LogP contribution in [0.15, 0.2) is 18.2 Å². The summed E-state index contributed by atoms with van der Waals surface area (Å²) >= 11 is 0. The van der Waals surface area contributed by atoms with Gasteiger partial charge >= 0.3 is 5.97 Å². The van der Waals surface area contributed by atoms with Crippen molar-refractivity contribution in [2.24, 2.45) is 11.7 Å². The van der Waals surface area contributed by atoms with Crippen LogP contribution in [0.2, 0.25) is 0 Å². The molecule has 1 aromatic carbocycles. The highest BCUT2D eigenvalue weighted by Gasteiger charge is 2.38. The van der Waals surface area contributed by atoms with Crippen molar-refractivity contribution < 1.29 is 23.8 Å². The number of rotatable bonds is 5. The van der Waals surface area contributed by atoms with Crippen molar-refractivity contribution in [2.75, 3.05) is 24.7 Å². The topological polar surface area (TPSA) is 92.9 Å². The van der Waals surface area contributed by atoms with E-state index in [-0.39, 0.29) is 24.5 Å². The molecule has 3 N–H and O–H groups in total. The standard InChI is InChI=1S/C14H17FN2O4/c1-2-17(12-7-21-6-9(12)14(19)20)11-4-3-8(13(16)18)5-10(11)15/h3-5,9,12H,2,6-7H2,1H3,(H2,16,18)(H,19,20). The number of ether oxygens (including phenoxy) is 1. The number of primary amides is 1. The van der Waals surface area contributed by atoms with Crippen molar-refractivity contribution >= 4 is 17.6 Å². The molecular weight excluding hydrogens is 279 g/mol. The number of carbonyl (C=O) groups excluding carboxylic acids is 1. The number of carbonyl (C=O) groups is 2. The number of nitrogens with two attached hydrogens (primary N) is 1. The van der Waals surface area contributed by atoms with Gasteiger partial charge < -0.3 is 20.5 Å². The van der Waals surface area contributed by atoms with Gasteiger partial charge in [0.25, 0.3) is 0 Å². The normalized spacial score (nSPS) is 21.2. The lowest BCUT2D eigenvalue weighted by Crippen LogP contribution is -2.43. The van der Waals surface area contributed by atoms with E-state index in [0.29, 0.717) is 6.54 Å². The molecule has 1 aliphatic rings. The molecule has 1 heterocycles. The van der Waals surface area contributed by atoms with Crippen LogP contribution in [0.3, 0.4) is 0 Å². The lowest BCUT2D eigenvalue weighted by Gasteiger charge is -2.31. The molecule has 2 rings (SSSR count). The van der Waals surface area contributed by atoms with Gasteiger partial charge in [-0.1, -0.05) is 0 Å². The third-order valence-electron chi connectivity index (χ3n) is 3.65. The lowest BCUT2D eigenvalue weighted by atomic mass is 10.0. The van der Waals surface area contributed by atoms with E-state index < -0.39 is 29.7 Å². The van der Waals surface area contributed by atoms with E-state index in [1.807, 2.05) is 0 Å². The van der Waals surface area contributed by atoms with Crippen LogP contribution >= 0.6 is 0 Å². The Hall–Kier alpha value is -2.15. The van der Waals surface area contributed by atoms with Gasteiger partial charge in [0.05, 0.1) is 24.9 Å². The number of nitrogens with zero attached hydrogens (tertiary/aromatic N) is 1. The molecule has 0 aliphatic carbocycles. The minimum Gasteiger partial charge on any atom is -0.481 e. The average Bonchev–Trinajstić information content (AvgIpc) is 2.90. The molecule has 2 atom stereocenters. The Labute approximate surface area is 121 Å². The minimum atomic E-state index is -0.967. The van der Waals surface area contributed by atoms with Crippen LogP contribution < -0.4 is 10.6 Å². The molecular formula is C14H17FN2O4. The van der Waals surface area contributed by atoms with Gasteiger partial charge in [-0.2, -0.15) is 0 Å². The van der Waals surface area contributed by atoms with E-state index >= 15 is 0 Å². The van der Waals surface area contributed by atoms with Gasteiger partial charge in [0, 0.05) is 12.1 Å². The first-order valence-corrected chi connectivity index (χ1v) is 6.62. The van der Waals surface area contributed by atoms with Crippen molar-refractivity contribution in [1.82, 2.24) is 0 Å². The number of aliphatic carboxylic acids is 1. The SMILES string of the molecule is CCN(c1ccc(C(N)=O)cc1F)C1COCC1C(=O)O.